The molecule has 6 nitrogen and oxygen atoms in total. The Balaban J connectivity index is 2.00. The number of amides is 2. The van der Waals surface area contributed by atoms with Crippen molar-refractivity contribution in [2.24, 2.45) is 0 Å². The monoisotopic (exact) mass is 292 g/mol. The fourth-order valence-electron chi connectivity index (χ4n) is 2.33. The lowest BCUT2D eigenvalue weighted by molar-refractivity contribution is -0.136. The smallest absolute Gasteiger partial charge is 0.319 e. The summed E-state index contributed by atoms with van der Waals surface area (Å²) in [6.07, 6.45) is 1.40. The lowest BCUT2D eigenvalue weighted by Crippen LogP contribution is -2.51. The quantitative estimate of drug-likeness (QED) is 0.792. The zero-order chi connectivity index (χ0) is 15.3. The summed E-state index contributed by atoms with van der Waals surface area (Å²) < 4.78 is 5.29. The zero-order valence-electron chi connectivity index (χ0n) is 12.0. The first-order valence-corrected chi connectivity index (χ1v) is 6.95. The molecule has 2 rings (SSSR count). The first-order chi connectivity index (χ1) is 9.98. The normalized spacial score (nSPS) is 17.0. The van der Waals surface area contributed by atoms with E-state index in [0.717, 1.165) is 12.8 Å². The van der Waals surface area contributed by atoms with E-state index in [4.69, 9.17) is 9.84 Å². The molecular weight excluding hydrogens is 272 g/mol. The molecule has 0 unspecified atom stereocenters. The summed E-state index contributed by atoms with van der Waals surface area (Å²) in [4.78, 5) is 22.9. The number of carbonyl (C=O) groups excluding carboxylic acids is 1. The predicted molar refractivity (Wildman–Crippen MR) is 78.4 cm³/mol. The molecule has 0 bridgehead atoms. The van der Waals surface area contributed by atoms with Gasteiger partial charge in [0, 0.05) is 24.4 Å². The topological polar surface area (TPSA) is 87.7 Å². The summed E-state index contributed by atoms with van der Waals surface area (Å²) in [5, 5.41) is 14.6. The van der Waals surface area contributed by atoms with Crippen molar-refractivity contribution in [3.05, 3.63) is 29.8 Å². The molecular formula is C15H20N2O4. The van der Waals surface area contributed by atoms with Crippen LogP contribution < -0.4 is 10.6 Å². The summed E-state index contributed by atoms with van der Waals surface area (Å²) >= 11 is 0. The first-order valence-electron chi connectivity index (χ1n) is 6.95. The molecule has 1 aliphatic rings. The molecule has 1 aliphatic heterocycles. The van der Waals surface area contributed by atoms with E-state index in [1.54, 1.807) is 24.3 Å². The average Bonchev–Trinajstić information content (AvgIpc) is 2.40. The number of anilines is 1. The second kappa shape index (κ2) is 6.58. The number of hydrogen-bond acceptors (Lipinski definition) is 3. The molecule has 0 aliphatic carbocycles. The number of carbonyl (C=O) groups is 2. The van der Waals surface area contributed by atoms with Crippen molar-refractivity contribution < 1.29 is 19.4 Å². The highest BCUT2D eigenvalue weighted by Crippen LogP contribution is 2.21. The van der Waals surface area contributed by atoms with E-state index in [0.29, 0.717) is 24.5 Å². The van der Waals surface area contributed by atoms with Crippen molar-refractivity contribution >= 4 is 17.7 Å². The third-order valence-corrected chi connectivity index (χ3v) is 3.62. The maximum Gasteiger partial charge on any atom is 0.319 e. The molecule has 2 amide bonds. The molecule has 1 heterocycles. The van der Waals surface area contributed by atoms with Crippen molar-refractivity contribution in [1.29, 1.82) is 0 Å². The highest BCUT2D eigenvalue weighted by atomic mass is 16.5. The lowest BCUT2D eigenvalue weighted by Gasteiger charge is -2.34. The Morgan fingerprint density at radius 3 is 2.62 bits per heavy atom. The van der Waals surface area contributed by atoms with Crippen molar-refractivity contribution in [2.45, 2.75) is 31.7 Å². The van der Waals surface area contributed by atoms with Gasteiger partial charge >= 0.3 is 12.0 Å². The van der Waals surface area contributed by atoms with Crippen LogP contribution in [0.3, 0.4) is 0 Å². The van der Waals surface area contributed by atoms with E-state index in [-0.39, 0.29) is 18.0 Å². The third-order valence-electron chi connectivity index (χ3n) is 3.62. The van der Waals surface area contributed by atoms with E-state index >= 15 is 0 Å². The maximum atomic E-state index is 12.1. The van der Waals surface area contributed by atoms with Gasteiger partial charge in [0.2, 0.25) is 0 Å². The van der Waals surface area contributed by atoms with Gasteiger partial charge in [0.1, 0.15) is 0 Å². The second-order valence-electron chi connectivity index (χ2n) is 5.48. The Bertz CT molecular complexity index is 524. The minimum Gasteiger partial charge on any atom is -0.481 e. The predicted octanol–water partition coefficient (Wildman–Crippen LogP) is 2.00. The maximum absolute atomic E-state index is 12.1. The summed E-state index contributed by atoms with van der Waals surface area (Å²) in [6.45, 7) is 3.25. The molecule has 1 fully saturated rings. The van der Waals surface area contributed by atoms with E-state index in [9.17, 15) is 9.59 Å². The minimum atomic E-state index is -0.930. The number of rotatable bonds is 4. The van der Waals surface area contributed by atoms with Gasteiger partial charge in [0.25, 0.3) is 0 Å². The molecule has 0 atom stereocenters. The first kappa shape index (κ1) is 15.3. The molecule has 6 heteroatoms. The van der Waals surface area contributed by atoms with Gasteiger partial charge in [-0.3, -0.25) is 4.79 Å². The molecule has 0 radical (unpaired) electrons. The molecule has 1 saturated heterocycles. The largest absolute Gasteiger partial charge is 0.481 e. The number of nitrogens with one attached hydrogen (secondary N) is 2. The molecule has 0 saturated carbocycles. The van der Waals surface area contributed by atoms with Crippen molar-refractivity contribution in [1.82, 2.24) is 5.32 Å². The van der Waals surface area contributed by atoms with Gasteiger partial charge < -0.3 is 20.5 Å². The fraction of sp³-hybridized carbons (Fsp3) is 0.467. The Morgan fingerprint density at radius 1 is 1.29 bits per heavy atom. The number of ether oxygens (including phenoxy) is 1. The molecule has 1 aromatic rings. The van der Waals surface area contributed by atoms with Gasteiger partial charge in [0.15, 0.2) is 0 Å². The van der Waals surface area contributed by atoms with E-state index in [2.05, 4.69) is 10.6 Å². The lowest BCUT2D eigenvalue weighted by atomic mass is 9.93. The third kappa shape index (κ3) is 4.46. The number of benzene rings is 1. The van der Waals surface area contributed by atoms with E-state index in [1.165, 1.54) is 0 Å². The molecule has 0 spiro atoms. The van der Waals surface area contributed by atoms with Crippen molar-refractivity contribution in [3.8, 4) is 0 Å². The number of para-hydroxylation sites is 1. The number of carboxylic acid groups (broad SMARTS) is 1. The van der Waals surface area contributed by atoms with Crippen LogP contribution in [0, 0.1) is 0 Å². The van der Waals surface area contributed by atoms with Crippen LogP contribution in [0.2, 0.25) is 0 Å². The minimum absolute atomic E-state index is 0.123. The Morgan fingerprint density at radius 2 is 1.95 bits per heavy atom. The molecule has 1 aromatic carbocycles. The number of aliphatic carboxylic acids is 1. The van der Waals surface area contributed by atoms with Crippen LogP contribution >= 0.6 is 0 Å². The number of carboxylic acids is 1. The van der Waals surface area contributed by atoms with Crippen molar-refractivity contribution in [2.75, 3.05) is 18.5 Å². The second-order valence-corrected chi connectivity index (χ2v) is 5.48. The number of hydrogen-bond donors (Lipinski definition) is 3. The summed E-state index contributed by atoms with van der Waals surface area (Å²) in [5.74, 6) is -0.930. The van der Waals surface area contributed by atoms with Crippen LogP contribution in [0.4, 0.5) is 10.5 Å². The average molecular weight is 292 g/mol. The molecule has 0 aromatic heterocycles. The summed E-state index contributed by atoms with van der Waals surface area (Å²) in [7, 11) is 0. The van der Waals surface area contributed by atoms with Crippen LogP contribution in [0.15, 0.2) is 24.3 Å². The zero-order valence-corrected chi connectivity index (χ0v) is 12.0. The Hall–Kier alpha value is -2.08. The Labute approximate surface area is 123 Å². The molecule has 3 N–H and O–H groups in total. The number of urea groups is 1. The van der Waals surface area contributed by atoms with Gasteiger partial charge in [-0.25, -0.2) is 4.79 Å². The van der Waals surface area contributed by atoms with Gasteiger partial charge in [-0.05, 0) is 31.4 Å². The van der Waals surface area contributed by atoms with Crippen LogP contribution in [0.5, 0.6) is 0 Å². The highest BCUT2D eigenvalue weighted by Gasteiger charge is 2.29. The summed E-state index contributed by atoms with van der Waals surface area (Å²) in [5.41, 5.74) is 0.815. The standard InChI is InChI=1S/C15H20N2O4/c1-15(6-8-21-9-7-15)17-14(20)16-12-5-3-2-4-11(12)10-13(18)19/h2-5H,6-10H2,1H3,(H,18,19)(H2,16,17,20). The molecule has 114 valence electrons. The van der Waals surface area contributed by atoms with Gasteiger partial charge in [-0.15, -0.1) is 0 Å². The summed E-state index contributed by atoms with van der Waals surface area (Å²) in [6, 6.07) is 6.58. The van der Waals surface area contributed by atoms with Crippen molar-refractivity contribution in [3.63, 3.8) is 0 Å². The van der Waals surface area contributed by atoms with Gasteiger partial charge in [-0.1, -0.05) is 18.2 Å². The highest BCUT2D eigenvalue weighted by molar-refractivity contribution is 5.91. The van der Waals surface area contributed by atoms with E-state index < -0.39 is 5.97 Å². The van der Waals surface area contributed by atoms with Crippen LogP contribution in [-0.4, -0.2) is 35.9 Å². The van der Waals surface area contributed by atoms with E-state index in [1.807, 2.05) is 6.92 Å². The fourth-order valence-corrected chi connectivity index (χ4v) is 2.33. The molecule has 21 heavy (non-hydrogen) atoms. The van der Waals surface area contributed by atoms with Crippen LogP contribution in [0.1, 0.15) is 25.3 Å². The van der Waals surface area contributed by atoms with Crippen LogP contribution in [0.25, 0.3) is 0 Å². The Kier molecular flexibility index (Phi) is 4.80. The van der Waals surface area contributed by atoms with Crippen LogP contribution in [-0.2, 0) is 16.0 Å². The van der Waals surface area contributed by atoms with Gasteiger partial charge in [0.05, 0.1) is 6.42 Å². The SMILES string of the molecule is CC1(NC(=O)Nc2ccccc2CC(=O)O)CCOCC1. The van der Waals surface area contributed by atoms with Gasteiger partial charge in [-0.2, -0.15) is 0 Å².